The van der Waals surface area contributed by atoms with E-state index in [0.717, 1.165) is 6.42 Å². The van der Waals surface area contributed by atoms with Crippen LogP contribution in [0.5, 0.6) is 0 Å². The van der Waals surface area contributed by atoms with Crippen LogP contribution in [0.1, 0.15) is 18.9 Å². The third-order valence-electron chi connectivity index (χ3n) is 3.16. The van der Waals surface area contributed by atoms with Crippen molar-refractivity contribution in [3.05, 3.63) is 29.8 Å². The van der Waals surface area contributed by atoms with E-state index in [2.05, 4.69) is 6.92 Å². The van der Waals surface area contributed by atoms with Gasteiger partial charge in [-0.2, -0.15) is 4.31 Å². The van der Waals surface area contributed by atoms with Gasteiger partial charge in [-0.05, 0) is 24.5 Å². The van der Waals surface area contributed by atoms with Crippen LogP contribution in [0.15, 0.2) is 29.2 Å². The van der Waals surface area contributed by atoms with Gasteiger partial charge in [0.2, 0.25) is 10.0 Å². The van der Waals surface area contributed by atoms with Crippen LogP contribution in [-0.4, -0.2) is 30.8 Å². The standard InChI is InChI=1S/C12H16N2O2S2/c1-9-6-7-14(8-9)18(15,16)11-4-2-10(3-5-11)12(13)17/h2-5,9H,6-8H2,1H3,(H2,13,17). The Kier molecular flexibility index (Phi) is 3.70. The Morgan fingerprint density at radius 2 is 2.00 bits per heavy atom. The fourth-order valence-corrected chi connectivity index (χ4v) is 3.76. The average molecular weight is 284 g/mol. The van der Waals surface area contributed by atoms with E-state index in [-0.39, 0.29) is 4.99 Å². The normalized spacial score (nSPS) is 21.1. The zero-order valence-corrected chi connectivity index (χ0v) is 11.8. The predicted molar refractivity (Wildman–Crippen MR) is 74.9 cm³/mol. The second kappa shape index (κ2) is 4.95. The number of benzene rings is 1. The van der Waals surface area contributed by atoms with E-state index in [0.29, 0.717) is 29.5 Å². The van der Waals surface area contributed by atoms with E-state index in [1.807, 2.05) is 0 Å². The number of rotatable bonds is 3. The summed E-state index contributed by atoms with van der Waals surface area (Å²) in [5.74, 6) is 0.427. The fourth-order valence-electron chi connectivity index (χ4n) is 2.05. The van der Waals surface area contributed by atoms with Crippen molar-refractivity contribution in [3.8, 4) is 0 Å². The molecule has 1 saturated heterocycles. The highest BCUT2D eigenvalue weighted by atomic mass is 32.2. The minimum Gasteiger partial charge on any atom is -0.389 e. The SMILES string of the molecule is CC1CCN(S(=O)(=O)c2ccc(C(N)=S)cc2)C1. The van der Waals surface area contributed by atoms with Crippen LogP contribution in [-0.2, 0) is 10.0 Å². The highest BCUT2D eigenvalue weighted by molar-refractivity contribution is 7.89. The molecule has 1 unspecified atom stereocenters. The summed E-state index contributed by atoms with van der Waals surface area (Å²) in [4.78, 5) is 0.574. The van der Waals surface area contributed by atoms with E-state index >= 15 is 0 Å². The summed E-state index contributed by atoms with van der Waals surface area (Å²) < 4.78 is 26.2. The van der Waals surface area contributed by atoms with Gasteiger partial charge in [-0.15, -0.1) is 0 Å². The largest absolute Gasteiger partial charge is 0.389 e. The molecule has 6 heteroatoms. The number of nitrogens with zero attached hydrogens (tertiary/aromatic N) is 1. The molecule has 1 heterocycles. The first-order valence-corrected chi connectivity index (χ1v) is 7.66. The Bertz CT molecular complexity index is 552. The monoisotopic (exact) mass is 284 g/mol. The second-order valence-corrected chi connectivity index (χ2v) is 7.02. The summed E-state index contributed by atoms with van der Waals surface area (Å²) in [5.41, 5.74) is 6.16. The number of hydrogen-bond donors (Lipinski definition) is 1. The highest BCUT2D eigenvalue weighted by Crippen LogP contribution is 2.24. The minimum atomic E-state index is -3.36. The molecule has 98 valence electrons. The molecule has 0 radical (unpaired) electrons. The van der Waals surface area contributed by atoms with E-state index in [1.165, 1.54) is 4.31 Å². The molecule has 1 fully saturated rings. The van der Waals surface area contributed by atoms with Gasteiger partial charge < -0.3 is 5.73 Å². The van der Waals surface area contributed by atoms with E-state index in [1.54, 1.807) is 24.3 Å². The average Bonchev–Trinajstić information content (AvgIpc) is 2.76. The predicted octanol–water partition coefficient (Wildman–Crippen LogP) is 1.35. The van der Waals surface area contributed by atoms with Crippen LogP contribution >= 0.6 is 12.2 Å². The van der Waals surface area contributed by atoms with Crippen LogP contribution < -0.4 is 5.73 Å². The molecule has 1 aliphatic heterocycles. The van der Waals surface area contributed by atoms with E-state index in [9.17, 15) is 8.42 Å². The molecule has 0 aromatic heterocycles. The molecule has 1 atom stereocenters. The van der Waals surface area contributed by atoms with Gasteiger partial charge >= 0.3 is 0 Å². The van der Waals surface area contributed by atoms with Crippen molar-refractivity contribution < 1.29 is 8.42 Å². The lowest BCUT2D eigenvalue weighted by atomic mass is 10.2. The molecule has 0 aliphatic carbocycles. The lowest BCUT2D eigenvalue weighted by molar-refractivity contribution is 0.464. The molecule has 0 saturated carbocycles. The molecule has 0 bridgehead atoms. The van der Waals surface area contributed by atoms with Crippen molar-refractivity contribution in [2.24, 2.45) is 11.7 Å². The van der Waals surface area contributed by atoms with Crippen molar-refractivity contribution in [2.75, 3.05) is 13.1 Å². The lowest BCUT2D eigenvalue weighted by Crippen LogP contribution is -2.28. The smallest absolute Gasteiger partial charge is 0.243 e. The van der Waals surface area contributed by atoms with Gasteiger partial charge in [0.25, 0.3) is 0 Å². The van der Waals surface area contributed by atoms with Crippen molar-refractivity contribution in [3.63, 3.8) is 0 Å². The summed E-state index contributed by atoms with van der Waals surface area (Å²) in [5, 5.41) is 0. The first-order chi connectivity index (χ1) is 8.41. The van der Waals surface area contributed by atoms with Crippen LogP contribution in [0, 0.1) is 5.92 Å². The Labute approximate surface area is 113 Å². The Morgan fingerprint density at radius 3 is 2.44 bits per heavy atom. The first kappa shape index (κ1) is 13.5. The fraction of sp³-hybridized carbons (Fsp3) is 0.417. The van der Waals surface area contributed by atoms with Gasteiger partial charge in [0, 0.05) is 18.7 Å². The molecule has 1 aliphatic rings. The summed E-state index contributed by atoms with van der Waals surface area (Å²) in [7, 11) is -3.36. The summed E-state index contributed by atoms with van der Waals surface area (Å²) in [6.45, 7) is 3.26. The highest BCUT2D eigenvalue weighted by Gasteiger charge is 2.30. The van der Waals surface area contributed by atoms with Crippen LogP contribution in [0.25, 0.3) is 0 Å². The van der Waals surface area contributed by atoms with Crippen LogP contribution in [0.3, 0.4) is 0 Å². The van der Waals surface area contributed by atoms with E-state index in [4.69, 9.17) is 18.0 Å². The zero-order valence-electron chi connectivity index (χ0n) is 10.2. The van der Waals surface area contributed by atoms with Gasteiger partial charge in [-0.3, -0.25) is 0 Å². The quantitative estimate of drug-likeness (QED) is 0.851. The number of hydrogen-bond acceptors (Lipinski definition) is 3. The van der Waals surface area contributed by atoms with Crippen molar-refractivity contribution in [2.45, 2.75) is 18.2 Å². The Morgan fingerprint density at radius 1 is 1.39 bits per heavy atom. The molecule has 2 rings (SSSR count). The van der Waals surface area contributed by atoms with Gasteiger partial charge in [0.1, 0.15) is 4.99 Å². The Hall–Kier alpha value is -0.980. The maximum Gasteiger partial charge on any atom is 0.243 e. The van der Waals surface area contributed by atoms with Crippen molar-refractivity contribution in [1.29, 1.82) is 0 Å². The number of sulfonamides is 1. The maximum absolute atomic E-state index is 12.3. The molecular weight excluding hydrogens is 268 g/mol. The number of thiocarbonyl (C=S) groups is 1. The Balaban J connectivity index is 2.27. The van der Waals surface area contributed by atoms with Crippen molar-refractivity contribution >= 4 is 27.2 Å². The van der Waals surface area contributed by atoms with E-state index < -0.39 is 10.0 Å². The zero-order chi connectivity index (χ0) is 13.3. The molecular formula is C12H16N2O2S2. The third-order valence-corrected chi connectivity index (χ3v) is 5.28. The van der Waals surface area contributed by atoms with Crippen molar-refractivity contribution in [1.82, 2.24) is 4.31 Å². The maximum atomic E-state index is 12.3. The topological polar surface area (TPSA) is 63.4 Å². The minimum absolute atomic E-state index is 0.272. The molecule has 0 spiro atoms. The van der Waals surface area contributed by atoms with Crippen LogP contribution in [0.2, 0.25) is 0 Å². The molecule has 0 amide bonds. The molecule has 2 N–H and O–H groups in total. The lowest BCUT2D eigenvalue weighted by Gasteiger charge is -2.16. The van der Waals surface area contributed by atoms with Gasteiger partial charge in [-0.25, -0.2) is 8.42 Å². The summed E-state index contributed by atoms with van der Waals surface area (Å²) in [6, 6.07) is 6.42. The third kappa shape index (κ3) is 2.55. The second-order valence-electron chi connectivity index (χ2n) is 4.65. The number of nitrogens with two attached hydrogens (primary N) is 1. The van der Waals surface area contributed by atoms with Crippen LogP contribution in [0.4, 0.5) is 0 Å². The summed E-state index contributed by atoms with van der Waals surface area (Å²) in [6.07, 6.45) is 0.921. The summed E-state index contributed by atoms with van der Waals surface area (Å²) >= 11 is 4.84. The van der Waals surface area contributed by atoms with Gasteiger partial charge in [-0.1, -0.05) is 31.3 Å². The van der Waals surface area contributed by atoms with Gasteiger partial charge in [0.05, 0.1) is 4.90 Å². The first-order valence-electron chi connectivity index (χ1n) is 5.81. The molecule has 1 aromatic rings. The van der Waals surface area contributed by atoms with Gasteiger partial charge in [0.15, 0.2) is 0 Å². The molecule has 18 heavy (non-hydrogen) atoms. The molecule has 4 nitrogen and oxygen atoms in total. The molecule has 1 aromatic carbocycles.